The van der Waals surface area contributed by atoms with E-state index in [1.165, 1.54) is 48.5 Å². The Morgan fingerprint density at radius 2 is 1.39 bits per heavy atom. The number of halogens is 2. The van der Waals surface area contributed by atoms with Crippen LogP contribution >= 0.6 is 0 Å². The van der Waals surface area contributed by atoms with Gasteiger partial charge in [-0.15, -0.1) is 0 Å². The van der Waals surface area contributed by atoms with Gasteiger partial charge in [0.1, 0.15) is 0 Å². The third-order valence-corrected chi connectivity index (χ3v) is 7.05. The minimum absolute atomic E-state index is 0.00192. The molecule has 0 aromatic heterocycles. The average molecular weight is 599 g/mol. The van der Waals surface area contributed by atoms with Crippen molar-refractivity contribution in [2.45, 2.75) is 38.5 Å². The number of hydrogen-bond acceptors (Lipinski definition) is 6. The third kappa shape index (κ3) is 6.34. The second kappa shape index (κ2) is 12.5. The number of anilines is 2. The molecule has 1 aliphatic heterocycles. The summed E-state index contributed by atoms with van der Waals surface area (Å²) in [6, 6.07) is 28.3. The molecular formula is C34H28F2N2O6. The van der Waals surface area contributed by atoms with Crippen molar-refractivity contribution in [2.75, 3.05) is 10.2 Å². The summed E-state index contributed by atoms with van der Waals surface area (Å²) >= 11 is 0. The van der Waals surface area contributed by atoms with Crippen molar-refractivity contribution >= 4 is 35.1 Å². The molecule has 1 aliphatic rings. The van der Waals surface area contributed by atoms with E-state index in [1.54, 1.807) is 12.1 Å². The lowest BCUT2D eigenvalue weighted by molar-refractivity contribution is -0.181. The van der Waals surface area contributed by atoms with Crippen LogP contribution in [-0.2, 0) is 19.1 Å². The summed E-state index contributed by atoms with van der Waals surface area (Å²) in [5, 5.41) is 2.83. The number of ether oxygens (including phenoxy) is 2. The summed E-state index contributed by atoms with van der Waals surface area (Å²) in [6.07, 6.45) is -4.83. The molecule has 4 aromatic carbocycles. The van der Waals surface area contributed by atoms with Crippen molar-refractivity contribution in [3.05, 3.63) is 120 Å². The highest BCUT2D eigenvalue weighted by Gasteiger charge is 2.52. The van der Waals surface area contributed by atoms with E-state index in [2.05, 4.69) is 5.32 Å². The van der Waals surface area contributed by atoms with Gasteiger partial charge in [-0.25, -0.2) is 8.78 Å². The molecule has 0 radical (unpaired) electrons. The fourth-order valence-electron chi connectivity index (χ4n) is 5.17. The van der Waals surface area contributed by atoms with Crippen LogP contribution in [0, 0.1) is 0 Å². The second-order valence-corrected chi connectivity index (χ2v) is 10.2. The van der Waals surface area contributed by atoms with E-state index in [1.807, 2.05) is 42.5 Å². The molecule has 0 aliphatic carbocycles. The Labute approximate surface area is 252 Å². The number of amides is 2. The van der Waals surface area contributed by atoms with Gasteiger partial charge in [-0.2, -0.15) is 0 Å². The van der Waals surface area contributed by atoms with Gasteiger partial charge in [-0.05, 0) is 47.5 Å². The summed E-state index contributed by atoms with van der Waals surface area (Å²) in [4.78, 5) is 51.8. The number of carbonyl (C=O) groups is 4. The largest absolute Gasteiger partial charge is 0.451 e. The summed E-state index contributed by atoms with van der Waals surface area (Å²) in [5.41, 5.74) is 2.43. The number of carbonyl (C=O) groups excluding carboxylic acids is 4. The first-order chi connectivity index (χ1) is 21.0. The molecule has 2 amide bonds. The van der Waals surface area contributed by atoms with E-state index in [0.29, 0.717) is 11.3 Å². The van der Waals surface area contributed by atoms with Crippen molar-refractivity contribution in [2.24, 2.45) is 0 Å². The molecule has 2 atom stereocenters. The van der Waals surface area contributed by atoms with Crippen molar-refractivity contribution in [1.82, 2.24) is 0 Å². The van der Waals surface area contributed by atoms with Gasteiger partial charge in [0.05, 0.1) is 12.1 Å². The van der Waals surface area contributed by atoms with Crippen molar-refractivity contribution < 1.29 is 37.4 Å². The van der Waals surface area contributed by atoms with Gasteiger partial charge in [0.25, 0.3) is 17.7 Å². The molecule has 0 fully saturated rings. The molecule has 44 heavy (non-hydrogen) atoms. The molecule has 0 bridgehead atoms. The molecule has 0 saturated heterocycles. The van der Waals surface area contributed by atoms with Gasteiger partial charge >= 0.3 is 11.9 Å². The van der Waals surface area contributed by atoms with E-state index in [9.17, 15) is 19.2 Å². The number of nitrogens with zero attached hydrogens (tertiary/aromatic N) is 1. The minimum atomic E-state index is -3.68. The quantitative estimate of drug-likeness (QED) is 0.246. The monoisotopic (exact) mass is 598 g/mol. The highest BCUT2D eigenvalue weighted by atomic mass is 19.3. The number of nitrogens with one attached hydrogen (secondary N) is 1. The van der Waals surface area contributed by atoms with Crippen LogP contribution in [0.5, 0.6) is 0 Å². The van der Waals surface area contributed by atoms with Crippen molar-refractivity contribution in [3.8, 4) is 11.1 Å². The molecule has 5 rings (SSSR count). The highest BCUT2D eigenvalue weighted by molar-refractivity contribution is 6.10. The molecule has 4 aromatic rings. The third-order valence-electron chi connectivity index (χ3n) is 7.05. The van der Waals surface area contributed by atoms with Crippen LogP contribution < -0.4 is 10.2 Å². The lowest BCUT2D eigenvalue weighted by atomic mass is 9.99. The summed E-state index contributed by atoms with van der Waals surface area (Å²) in [5.74, 6) is -6.59. The highest BCUT2D eigenvalue weighted by Crippen LogP contribution is 2.47. The Morgan fingerprint density at radius 3 is 2.07 bits per heavy atom. The van der Waals surface area contributed by atoms with Gasteiger partial charge in [0, 0.05) is 36.2 Å². The smallest absolute Gasteiger partial charge is 0.304 e. The number of fused-ring (bicyclic) bond motifs is 1. The van der Waals surface area contributed by atoms with Crippen LogP contribution in [0.4, 0.5) is 20.2 Å². The number of rotatable bonds is 6. The molecule has 0 spiro atoms. The molecule has 2 unspecified atom stereocenters. The van der Waals surface area contributed by atoms with Gasteiger partial charge in [0.2, 0.25) is 0 Å². The van der Waals surface area contributed by atoms with E-state index < -0.39 is 42.5 Å². The van der Waals surface area contributed by atoms with Crippen LogP contribution in [0.3, 0.4) is 0 Å². The molecule has 0 saturated carbocycles. The molecular weight excluding hydrogens is 570 g/mol. The standard InChI is InChI=1S/C34H28F2N2O6/c1-21(39)43-30-20-34(35,36)31(44-22(2)40)28-14-8-9-15-29(28)38(30)33(42)24-16-18-25(19-17-24)37-32(41)27-13-7-6-12-26(27)23-10-4-3-5-11-23/h3-19,30-31H,20H2,1-2H3,(H,37,41). The van der Waals surface area contributed by atoms with E-state index in [-0.39, 0.29) is 22.7 Å². The second-order valence-electron chi connectivity index (χ2n) is 10.2. The van der Waals surface area contributed by atoms with E-state index in [0.717, 1.165) is 29.9 Å². The number of hydrogen-bond donors (Lipinski definition) is 1. The lowest BCUT2D eigenvalue weighted by Gasteiger charge is -2.31. The topological polar surface area (TPSA) is 102 Å². The minimum Gasteiger partial charge on any atom is -0.451 e. The van der Waals surface area contributed by atoms with Crippen LogP contribution in [0.25, 0.3) is 11.1 Å². The Balaban J connectivity index is 1.45. The maximum absolute atomic E-state index is 15.5. The van der Waals surface area contributed by atoms with Gasteiger partial charge < -0.3 is 14.8 Å². The zero-order valence-corrected chi connectivity index (χ0v) is 23.8. The lowest BCUT2D eigenvalue weighted by Crippen LogP contribution is -2.45. The Kier molecular flexibility index (Phi) is 8.52. The summed E-state index contributed by atoms with van der Waals surface area (Å²) in [6.45, 7) is 2.06. The maximum Gasteiger partial charge on any atom is 0.304 e. The first-order valence-electron chi connectivity index (χ1n) is 13.8. The Hall–Kier alpha value is -5.38. The van der Waals surface area contributed by atoms with Crippen molar-refractivity contribution in [3.63, 3.8) is 0 Å². The summed E-state index contributed by atoms with van der Waals surface area (Å²) < 4.78 is 41.3. The fraction of sp³-hybridized carbons (Fsp3) is 0.176. The SMILES string of the molecule is CC(=O)OC1CC(F)(F)C(OC(C)=O)c2ccccc2N1C(=O)c1ccc(NC(=O)c2ccccc2-c2ccccc2)cc1. The van der Waals surface area contributed by atoms with Gasteiger partial charge in [-0.1, -0.05) is 66.7 Å². The van der Waals surface area contributed by atoms with E-state index in [4.69, 9.17) is 9.47 Å². The van der Waals surface area contributed by atoms with Crippen LogP contribution in [-0.4, -0.2) is 35.9 Å². The fourth-order valence-corrected chi connectivity index (χ4v) is 5.17. The normalized spacial score (nSPS) is 17.0. The molecule has 10 heteroatoms. The van der Waals surface area contributed by atoms with Crippen LogP contribution in [0.1, 0.15) is 52.7 Å². The number of benzene rings is 4. The zero-order chi connectivity index (χ0) is 31.4. The predicted octanol–water partition coefficient (Wildman–Crippen LogP) is 6.79. The number of para-hydroxylation sites is 1. The zero-order valence-electron chi connectivity index (χ0n) is 23.8. The maximum atomic E-state index is 15.5. The average Bonchev–Trinajstić information content (AvgIpc) is 3.08. The van der Waals surface area contributed by atoms with Crippen LogP contribution in [0.15, 0.2) is 103 Å². The van der Waals surface area contributed by atoms with Gasteiger partial charge in [0.15, 0.2) is 12.3 Å². The first-order valence-corrected chi connectivity index (χ1v) is 13.8. The Bertz CT molecular complexity index is 1710. The number of esters is 2. The van der Waals surface area contributed by atoms with Crippen molar-refractivity contribution in [1.29, 1.82) is 0 Å². The van der Waals surface area contributed by atoms with Gasteiger partial charge in [-0.3, -0.25) is 24.1 Å². The molecule has 8 nitrogen and oxygen atoms in total. The molecule has 224 valence electrons. The van der Waals surface area contributed by atoms with Crippen LogP contribution in [0.2, 0.25) is 0 Å². The number of alkyl halides is 2. The first kappa shape index (κ1) is 30.1. The van der Waals surface area contributed by atoms with E-state index >= 15 is 8.78 Å². The predicted molar refractivity (Wildman–Crippen MR) is 159 cm³/mol. The molecule has 1 N–H and O–H groups in total. The molecule has 1 heterocycles. The summed E-state index contributed by atoms with van der Waals surface area (Å²) in [7, 11) is 0. The Morgan fingerprint density at radius 1 is 0.773 bits per heavy atom.